The molecule has 0 aliphatic carbocycles. The average Bonchev–Trinajstić information content (AvgIpc) is 3.00. The van der Waals surface area contributed by atoms with Gasteiger partial charge in [0.15, 0.2) is 0 Å². The zero-order chi connectivity index (χ0) is 13.8. The largest absolute Gasteiger partial charge is 0.338 e. The summed E-state index contributed by atoms with van der Waals surface area (Å²) in [5.41, 5.74) is 2.11. The summed E-state index contributed by atoms with van der Waals surface area (Å²) in [6.45, 7) is 2.12. The van der Waals surface area contributed by atoms with Gasteiger partial charge in [0.05, 0.1) is 5.92 Å². The topological polar surface area (TPSA) is 51.8 Å². The Morgan fingerprint density at radius 3 is 2.50 bits per heavy atom. The second-order valence-corrected chi connectivity index (χ2v) is 4.56. The first-order chi connectivity index (χ1) is 9.88. The van der Waals surface area contributed by atoms with Gasteiger partial charge in [0, 0.05) is 18.0 Å². The molecule has 0 spiro atoms. The smallest absolute Gasteiger partial charge is 0.234 e. The van der Waals surface area contributed by atoms with Crippen LogP contribution in [0.3, 0.4) is 0 Å². The van der Waals surface area contributed by atoms with Crippen LogP contribution in [0.25, 0.3) is 11.4 Å². The Hall–Kier alpha value is -2.49. The van der Waals surface area contributed by atoms with Gasteiger partial charge in [0.2, 0.25) is 11.7 Å². The number of hydrogen-bond donors (Lipinski definition) is 0. The summed E-state index contributed by atoms with van der Waals surface area (Å²) in [5.74, 6) is 1.40. The lowest BCUT2D eigenvalue weighted by molar-refractivity contribution is 0.363. The van der Waals surface area contributed by atoms with Gasteiger partial charge in [0.1, 0.15) is 0 Å². The van der Waals surface area contributed by atoms with Crippen molar-refractivity contribution >= 4 is 0 Å². The van der Waals surface area contributed by atoms with E-state index >= 15 is 0 Å². The van der Waals surface area contributed by atoms with Crippen LogP contribution in [0, 0.1) is 0 Å². The summed E-state index contributed by atoms with van der Waals surface area (Å²) < 4.78 is 5.44. The maximum Gasteiger partial charge on any atom is 0.234 e. The molecule has 20 heavy (non-hydrogen) atoms. The van der Waals surface area contributed by atoms with Crippen molar-refractivity contribution in [2.24, 2.45) is 0 Å². The summed E-state index contributed by atoms with van der Waals surface area (Å²) in [5, 5.41) is 4.07. The van der Waals surface area contributed by atoms with Gasteiger partial charge in [0.25, 0.3) is 0 Å². The molecule has 0 radical (unpaired) electrons. The van der Waals surface area contributed by atoms with E-state index in [0.717, 1.165) is 12.0 Å². The van der Waals surface area contributed by atoms with Gasteiger partial charge < -0.3 is 4.52 Å². The van der Waals surface area contributed by atoms with Crippen LogP contribution in [0.5, 0.6) is 0 Å². The Labute approximate surface area is 117 Å². The molecule has 0 amide bonds. The van der Waals surface area contributed by atoms with E-state index in [-0.39, 0.29) is 5.92 Å². The molecule has 0 aliphatic heterocycles. The lowest BCUT2D eigenvalue weighted by Gasteiger charge is -2.09. The van der Waals surface area contributed by atoms with Crippen molar-refractivity contribution in [3.05, 3.63) is 66.3 Å². The standard InChI is InChI=1S/C16H15N3O/c1-2-14(12-6-4-3-5-7-12)16-18-15(19-20-16)13-8-10-17-11-9-13/h3-11,14H,2H2,1H3. The molecule has 2 aromatic heterocycles. The number of hydrogen-bond acceptors (Lipinski definition) is 4. The van der Waals surface area contributed by atoms with Crippen molar-refractivity contribution in [3.8, 4) is 11.4 Å². The summed E-state index contributed by atoms with van der Waals surface area (Å²) in [7, 11) is 0. The fourth-order valence-electron chi connectivity index (χ4n) is 2.23. The third-order valence-electron chi connectivity index (χ3n) is 3.29. The van der Waals surface area contributed by atoms with Crippen LogP contribution in [-0.4, -0.2) is 15.1 Å². The quantitative estimate of drug-likeness (QED) is 0.722. The van der Waals surface area contributed by atoms with Crippen LogP contribution in [0.1, 0.15) is 30.7 Å². The van der Waals surface area contributed by atoms with Crippen LogP contribution in [0.4, 0.5) is 0 Å². The SMILES string of the molecule is CCC(c1ccccc1)c1nc(-c2ccncc2)no1. The highest BCUT2D eigenvalue weighted by molar-refractivity contribution is 5.52. The van der Waals surface area contributed by atoms with E-state index in [1.807, 2.05) is 30.3 Å². The minimum atomic E-state index is 0.138. The van der Waals surface area contributed by atoms with E-state index in [1.165, 1.54) is 5.56 Å². The first-order valence-corrected chi connectivity index (χ1v) is 6.67. The Balaban J connectivity index is 1.93. The Morgan fingerprint density at radius 2 is 1.80 bits per heavy atom. The van der Waals surface area contributed by atoms with E-state index in [2.05, 4.69) is 34.2 Å². The highest BCUT2D eigenvalue weighted by atomic mass is 16.5. The van der Waals surface area contributed by atoms with Crippen molar-refractivity contribution in [1.29, 1.82) is 0 Å². The van der Waals surface area contributed by atoms with E-state index in [9.17, 15) is 0 Å². The second kappa shape index (κ2) is 5.65. The number of pyridine rings is 1. The molecule has 0 saturated carbocycles. The molecule has 0 saturated heterocycles. The molecule has 2 heterocycles. The number of benzene rings is 1. The molecule has 1 aromatic carbocycles. The lowest BCUT2D eigenvalue weighted by Crippen LogP contribution is -1.99. The average molecular weight is 265 g/mol. The minimum Gasteiger partial charge on any atom is -0.338 e. The summed E-state index contributed by atoms with van der Waals surface area (Å²) in [6.07, 6.45) is 4.36. The first kappa shape index (κ1) is 12.5. The number of rotatable bonds is 4. The third-order valence-corrected chi connectivity index (χ3v) is 3.29. The zero-order valence-corrected chi connectivity index (χ0v) is 11.2. The van der Waals surface area contributed by atoms with E-state index in [1.54, 1.807) is 12.4 Å². The van der Waals surface area contributed by atoms with Crippen molar-refractivity contribution in [3.63, 3.8) is 0 Å². The monoisotopic (exact) mass is 265 g/mol. The van der Waals surface area contributed by atoms with Crippen LogP contribution >= 0.6 is 0 Å². The Bertz CT molecular complexity index is 664. The molecular formula is C16H15N3O. The molecule has 4 nitrogen and oxygen atoms in total. The fraction of sp³-hybridized carbons (Fsp3) is 0.188. The van der Waals surface area contributed by atoms with E-state index in [0.29, 0.717) is 11.7 Å². The maximum absolute atomic E-state index is 5.44. The summed E-state index contributed by atoms with van der Waals surface area (Å²) in [6, 6.07) is 14.0. The molecular weight excluding hydrogens is 250 g/mol. The first-order valence-electron chi connectivity index (χ1n) is 6.67. The molecule has 3 rings (SSSR count). The van der Waals surface area contributed by atoms with Crippen molar-refractivity contribution in [1.82, 2.24) is 15.1 Å². The van der Waals surface area contributed by atoms with E-state index < -0.39 is 0 Å². The maximum atomic E-state index is 5.44. The number of nitrogens with zero attached hydrogens (tertiary/aromatic N) is 3. The van der Waals surface area contributed by atoms with Gasteiger partial charge in [-0.05, 0) is 24.1 Å². The lowest BCUT2D eigenvalue weighted by atomic mass is 9.96. The Kier molecular flexibility index (Phi) is 3.54. The van der Waals surface area contributed by atoms with Crippen LogP contribution in [-0.2, 0) is 0 Å². The normalized spacial score (nSPS) is 12.2. The fourth-order valence-corrected chi connectivity index (χ4v) is 2.23. The van der Waals surface area contributed by atoms with Gasteiger partial charge in [-0.2, -0.15) is 4.98 Å². The highest BCUT2D eigenvalue weighted by Crippen LogP contribution is 2.27. The zero-order valence-electron chi connectivity index (χ0n) is 11.2. The summed E-state index contributed by atoms with van der Waals surface area (Å²) >= 11 is 0. The van der Waals surface area contributed by atoms with Crippen LogP contribution in [0.15, 0.2) is 59.4 Å². The molecule has 0 fully saturated rings. The van der Waals surface area contributed by atoms with E-state index in [4.69, 9.17) is 4.52 Å². The molecule has 0 aliphatic rings. The van der Waals surface area contributed by atoms with Gasteiger partial charge in [-0.25, -0.2) is 0 Å². The Morgan fingerprint density at radius 1 is 1.05 bits per heavy atom. The third kappa shape index (κ3) is 2.45. The van der Waals surface area contributed by atoms with Crippen LogP contribution in [0.2, 0.25) is 0 Å². The molecule has 4 heteroatoms. The van der Waals surface area contributed by atoms with Crippen molar-refractivity contribution < 1.29 is 4.52 Å². The van der Waals surface area contributed by atoms with Crippen LogP contribution < -0.4 is 0 Å². The van der Waals surface area contributed by atoms with Gasteiger partial charge >= 0.3 is 0 Å². The predicted molar refractivity (Wildman–Crippen MR) is 76.1 cm³/mol. The van der Waals surface area contributed by atoms with Gasteiger partial charge in [-0.15, -0.1) is 0 Å². The molecule has 0 bridgehead atoms. The van der Waals surface area contributed by atoms with Gasteiger partial charge in [-0.3, -0.25) is 4.98 Å². The van der Waals surface area contributed by atoms with Crippen molar-refractivity contribution in [2.45, 2.75) is 19.3 Å². The molecule has 0 N–H and O–H groups in total. The molecule has 1 unspecified atom stereocenters. The molecule has 1 atom stereocenters. The molecule has 100 valence electrons. The summed E-state index contributed by atoms with van der Waals surface area (Å²) in [4.78, 5) is 8.51. The minimum absolute atomic E-state index is 0.138. The second-order valence-electron chi connectivity index (χ2n) is 4.56. The predicted octanol–water partition coefficient (Wildman–Crippen LogP) is 3.67. The van der Waals surface area contributed by atoms with Crippen molar-refractivity contribution in [2.75, 3.05) is 0 Å². The molecule has 3 aromatic rings. The number of aromatic nitrogens is 3. The van der Waals surface area contributed by atoms with Gasteiger partial charge in [-0.1, -0.05) is 42.4 Å². The highest BCUT2D eigenvalue weighted by Gasteiger charge is 2.19.